The molecule has 0 saturated carbocycles. The molecule has 0 aliphatic carbocycles. The Morgan fingerprint density at radius 1 is 1.27 bits per heavy atom. The summed E-state index contributed by atoms with van der Waals surface area (Å²) in [4.78, 5) is 0. The van der Waals surface area contributed by atoms with Gasteiger partial charge in [-0.2, -0.15) is 0 Å². The van der Waals surface area contributed by atoms with Gasteiger partial charge in [0.25, 0.3) is 0 Å². The molecule has 15 heavy (non-hydrogen) atoms. The molecule has 1 rings (SSSR count). The van der Waals surface area contributed by atoms with Crippen LogP contribution in [0.3, 0.4) is 0 Å². The number of allylic oxidation sites excluding steroid dienone is 4. The SMILES string of the molecule is C=C/C=C\c1o/c(=C/C=C\C)c(=C)c1C. The van der Waals surface area contributed by atoms with Crippen molar-refractivity contribution >= 4 is 18.7 Å². The highest BCUT2D eigenvalue weighted by Crippen LogP contribution is 2.02. The average Bonchev–Trinajstić information content (AvgIpc) is 2.51. The molecule has 0 bridgehead atoms. The van der Waals surface area contributed by atoms with Crippen LogP contribution in [0.2, 0.25) is 0 Å². The first-order valence-electron chi connectivity index (χ1n) is 4.91. The zero-order valence-electron chi connectivity index (χ0n) is 9.29. The van der Waals surface area contributed by atoms with Gasteiger partial charge in [0, 0.05) is 10.8 Å². The lowest BCUT2D eigenvalue weighted by Crippen LogP contribution is -2.19. The van der Waals surface area contributed by atoms with Gasteiger partial charge in [-0.05, 0) is 26.0 Å². The van der Waals surface area contributed by atoms with E-state index in [9.17, 15) is 0 Å². The highest BCUT2D eigenvalue weighted by Gasteiger charge is 2.01. The summed E-state index contributed by atoms with van der Waals surface area (Å²) in [7, 11) is 0. The van der Waals surface area contributed by atoms with Crippen LogP contribution in [0.15, 0.2) is 35.3 Å². The highest BCUT2D eigenvalue weighted by molar-refractivity contribution is 5.51. The molecule has 1 heterocycles. The first kappa shape index (κ1) is 11.3. The highest BCUT2D eigenvalue weighted by atomic mass is 16.3. The first-order chi connectivity index (χ1) is 7.20. The Hall–Kier alpha value is -1.76. The summed E-state index contributed by atoms with van der Waals surface area (Å²) in [5.41, 5.74) is 1.89. The van der Waals surface area contributed by atoms with Crippen molar-refractivity contribution in [3.05, 3.63) is 52.8 Å². The molecular weight excluding hydrogens is 184 g/mol. The van der Waals surface area contributed by atoms with E-state index >= 15 is 0 Å². The van der Waals surface area contributed by atoms with E-state index in [-0.39, 0.29) is 0 Å². The van der Waals surface area contributed by atoms with Gasteiger partial charge >= 0.3 is 0 Å². The van der Waals surface area contributed by atoms with E-state index in [4.69, 9.17) is 4.42 Å². The Balaban J connectivity index is 3.30. The van der Waals surface area contributed by atoms with Crippen LogP contribution in [0.1, 0.15) is 18.2 Å². The van der Waals surface area contributed by atoms with Crippen molar-refractivity contribution in [1.29, 1.82) is 0 Å². The second-order valence-electron chi connectivity index (χ2n) is 3.22. The van der Waals surface area contributed by atoms with Gasteiger partial charge in [0.1, 0.15) is 11.2 Å². The molecule has 1 nitrogen and oxygen atoms in total. The molecule has 0 aliphatic heterocycles. The summed E-state index contributed by atoms with van der Waals surface area (Å²) in [5, 5.41) is 0.941. The lowest BCUT2D eigenvalue weighted by Gasteiger charge is -1.85. The molecule has 0 N–H and O–H groups in total. The van der Waals surface area contributed by atoms with Crippen molar-refractivity contribution in [2.45, 2.75) is 13.8 Å². The van der Waals surface area contributed by atoms with Crippen LogP contribution in [-0.2, 0) is 0 Å². The van der Waals surface area contributed by atoms with Gasteiger partial charge in [-0.3, -0.25) is 0 Å². The summed E-state index contributed by atoms with van der Waals surface area (Å²) in [6.45, 7) is 11.6. The molecule has 1 aromatic rings. The molecule has 1 aromatic heterocycles. The largest absolute Gasteiger partial charge is 0.456 e. The maximum absolute atomic E-state index is 5.65. The van der Waals surface area contributed by atoms with Gasteiger partial charge in [0.2, 0.25) is 0 Å². The Morgan fingerprint density at radius 3 is 2.60 bits per heavy atom. The zero-order chi connectivity index (χ0) is 11.3. The van der Waals surface area contributed by atoms with Gasteiger partial charge in [0.05, 0.1) is 0 Å². The van der Waals surface area contributed by atoms with Crippen molar-refractivity contribution < 1.29 is 4.42 Å². The fourth-order valence-corrected chi connectivity index (χ4v) is 1.22. The summed E-state index contributed by atoms with van der Waals surface area (Å²) in [5.74, 6) is 0.843. The third-order valence-corrected chi connectivity index (χ3v) is 2.16. The maximum Gasteiger partial charge on any atom is 0.134 e. The molecule has 1 heteroatoms. The summed E-state index contributed by atoms with van der Waals surface area (Å²) < 4.78 is 5.65. The average molecular weight is 200 g/mol. The van der Waals surface area contributed by atoms with Gasteiger partial charge in [-0.25, -0.2) is 0 Å². The lowest BCUT2D eigenvalue weighted by molar-refractivity contribution is 0.521. The van der Waals surface area contributed by atoms with Crippen LogP contribution >= 0.6 is 0 Å². The standard InChI is InChI=1S/C14H16O/c1-5-7-9-13-11(3)12(4)14(15-13)10-8-6-2/h5-10H,1,4H2,2-3H3/b8-6-,9-7-,14-10+. The Kier molecular flexibility index (Phi) is 3.92. The van der Waals surface area contributed by atoms with Crippen molar-refractivity contribution in [3.8, 4) is 0 Å². The zero-order valence-corrected chi connectivity index (χ0v) is 9.29. The number of hydrogen-bond donors (Lipinski definition) is 0. The molecule has 0 radical (unpaired) electrons. The Morgan fingerprint density at radius 2 is 2.00 bits per heavy atom. The van der Waals surface area contributed by atoms with Gasteiger partial charge in [0.15, 0.2) is 0 Å². The molecule has 0 fully saturated rings. The van der Waals surface area contributed by atoms with Crippen LogP contribution in [0.4, 0.5) is 0 Å². The third kappa shape index (κ3) is 2.59. The lowest BCUT2D eigenvalue weighted by atomic mass is 10.2. The summed E-state index contributed by atoms with van der Waals surface area (Å²) in [6, 6.07) is 0. The van der Waals surface area contributed by atoms with Crippen LogP contribution in [0.5, 0.6) is 0 Å². The molecule has 0 saturated heterocycles. The van der Waals surface area contributed by atoms with Crippen LogP contribution < -0.4 is 10.6 Å². The summed E-state index contributed by atoms with van der Waals surface area (Å²) in [6.07, 6.45) is 11.3. The van der Waals surface area contributed by atoms with Crippen LogP contribution in [-0.4, -0.2) is 0 Å². The molecular formula is C14H16O. The number of rotatable bonds is 3. The maximum atomic E-state index is 5.65. The normalized spacial score (nSPS) is 13.1. The molecule has 0 aliphatic rings. The third-order valence-electron chi connectivity index (χ3n) is 2.16. The minimum atomic E-state index is 0.814. The number of hydrogen-bond acceptors (Lipinski definition) is 1. The quantitative estimate of drug-likeness (QED) is 0.683. The molecule has 0 spiro atoms. The van der Waals surface area contributed by atoms with Crippen molar-refractivity contribution in [2.75, 3.05) is 0 Å². The predicted octanol–water partition coefficient (Wildman–Crippen LogP) is 2.55. The van der Waals surface area contributed by atoms with Crippen molar-refractivity contribution in [1.82, 2.24) is 0 Å². The Bertz CT molecular complexity index is 498. The predicted molar refractivity (Wildman–Crippen MR) is 66.7 cm³/mol. The van der Waals surface area contributed by atoms with E-state index in [0.29, 0.717) is 0 Å². The second kappa shape index (κ2) is 5.20. The second-order valence-corrected chi connectivity index (χ2v) is 3.22. The van der Waals surface area contributed by atoms with Gasteiger partial charge in [-0.1, -0.05) is 37.5 Å². The van der Waals surface area contributed by atoms with E-state index in [0.717, 1.165) is 22.0 Å². The monoisotopic (exact) mass is 200 g/mol. The van der Waals surface area contributed by atoms with Crippen molar-refractivity contribution in [2.24, 2.45) is 0 Å². The first-order valence-corrected chi connectivity index (χ1v) is 4.91. The van der Waals surface area contributed by atoms with Crippen LogP contribution in [0, 0.1) is 6.92 Å². The molecule has 0 aromatic carbocycles. The fourth-order valence-electron chi connectivity index (χ4n) is 1.22. The Labute approximate surface area is 90.4 Å². The van der Waals surface area contributed by atoms with Gasteiger partial charge in [-0.15, -0.1) is 0 Å². The van der Waals surface area contributed by atoms with E-state index in [2.05, 4.69) is 13.2 Å². The van der Waals surface area contributed by atoms with E-state index in [1.807, 2.05) is 44.2 Å². The molecule has 78 valence electrons. The minimum absolute atomic E-state index is 0.814. The van der Waals surface area contributed by atoms with E-state index in [1.54, 1.807) is 6.08 Å². The van der Waals surface area contributed by atoms with E-state index < -0.39 is 0 Å². The fraction of sp³-hybridized carbons (Fsp3) is 0.143. The summed E-state index contributed by atoms with van der Waals surface area (Å²) >= 11 is 0. The van der Waals surface area contributed by atoms with Crippen LogP contribution in [0.25, 0.3) is 18.7 Å². The number of furan rings is 1. The molecule has 0 atom stereocenters. The van der Waals surface area contributed by atoms with E-state index in [1.165, 1.54) is 0 Å². The van der Waals surface area contributed by atoms with Gasteiger partial charge < -0.3 is 4.42 Å². The van der Waals surface area contributed by atoms with Crippen molar-refractivity contribution in [3.63, 3.8) is 0 Å². The topological polar surface area (TPSA) is 13.1 Å². The minimum Gasteiger partial charge on any atom is -0.456 e. The molecule has 0 unspecified atom stereocenters. The molecule has 0 amide bonds. The smallest absolute Gasteiger partial charge is 0.134 e.